The van der Waals surface area contributed by atoms with E-state index in [2.05, 4.69) is 10.7 Å². The van der Waals surface area contributed by atoms with Gasteiger partial charge in [0.1, 0.15) is 6.04 Å². The van der Waals surface area contributed by atoms with E-state index < -0.39 is 35.6 Å². The van der Waals surface area contributed by atoms with Crippen molar-refractivity contribution < 1.29 is 19.4 Å². The predicted molar refractivity (Wildman–Crippen MR) is 153 cm³/mol. The third-order valence-corrected chi connectivity index (χ3v) is 6.49. The second-order valence-electron chi connectivity index (χ2n) is 10.8. The molecule has 3 atom stereocenters. The van der Waals surface area contributed by atoms with Crippen LogP contribution in [0.15, 0.2) is 84.9 Å². The maximum absolute atomic E-state index is 13.4. The molecule has 0 aromatic heterocycles. The van der Waals surface area contributed by atoms with Crippen LogP contribution in [0.2, 0.25) is 0 Å². The summed E-state index contributed by atoms with van der Waals surface area (Å²) in [5.74, 6) is -0.419. The topological polar surface area (TPSA) is 117 Å². The summed E-state index contributed by atoms with van der Waals surface area (Å²) in [7, 11) is 1.25. The number of nitrogens with two attached hydrogens (primary N) is 1. The first-order valence-corrected chi connectivity index (χ1v) is 13.1. The summed E-state index contributed by atoms with van der Waals surface area (Å²) in [5.41, 5.74) is 12.8. The Balaban J connectivity index is 1.78. The van der Waals surface area contributed by atoms with Crippen molar-refractivity contribution in [2.45, 2.75) is 51.9 Å². The minimum atomic E-state index is -0.921. The molecule has 0 aliphatic rings. The van der Waals surface area contributed by atoms with Crippen molar-refractivity contribution in [1.29, 1.82) is 0 Å². The van der Waals surface area contributed by atoms with E-state index in [0.29, 0.717) is 13.0 Å². The highest BCUT2D eigenvalue weighted by Gasteiger charge is 2.34. The zero-order chi connectivity index (χ0) is 28.4. The highest BCUT2D eigenvalue weighted by atomic mass is 16.5. The van der Waals surface area contributed by atoms with Gasteiger partial charge in [-0.2, -0.15) is 0 Å². The largest absolute Gasteiger partial charge is 0.453 e. The molecular weight excluding hydrogens is 492 g/mol. The van der Waals surface area contributed by atoms with Crippen molar-refractivity contribution in [1.82, 2.24) is 15.8 Å². The lowest BCUT2D eigenvalue weighted by molar-refractivity contribution is -0.131. The second-order valence-corrected chi connectivity index (χ2v) is 10.8. The van der Waals surface area contributed by atoms with Gasteiger partial charge in [-0.15, -0.1) is 0 Å². The van der Waals surface area contributed by atoms with Crippen molar-refractivity contribution in [2.24, 2.45) is 11.1 Å². The Labute approximate surface area is 231 Å². The molecule has 0 saturated heterocycles. The van der Waals surface area contributed by atoms with Crippen LogP contribution in [-0.2, 0) is 22.5 Å². The van der Waals surface area contributed by atoms with Crippen LogP contribution in [0.1, 0.15) is 31.9 Å². The van der Waals surface area contributed by atoms with Gasteiger partial charge >= 0.3 is 6.09 Å². The molecule has 5 N–H and O–H groups in total. The number of amides is 2. The number of methoxy groups -OCH3 is 1. The number of hydrogen-bond acceptors (Lipinski definition) is 6. The monoisotopic (exact) mass is 532 g/mol. The van der Waals surface area contributed by atoms with Crippen molar-refractivity contribution in [3.63, 3.8) is 0 Å². The number of carbonyl (C=O) groups is 2. The van der Waals surface area contributed by atoms with Crippen LogP contribution in [-0.4, -0.2) is 54.0 Å². The van der Waals surface area contributed by atoms with Crippen LogP contribution in [0.25, 0.3) is 11.1 Å². The number of nitrogens with zero attached hydrogens (tertiary/aromatic N) is 1. The maximum Gasteiger partial charge on any atom is 0.407 e. The molecule has 0 spiro atoms. The maximum atomic E-state index is 13.4. The van der Waals surface area contributed by atoms with Crippen LogP contribution < -0.4 is 16.5 Å². The van der Waals surface area contributed by atoms with Crippen molar-refractivity contribution in [2.75, 3.05) is 13.7 Å². The van der Waals surface area contributed by atoms with Gasteiger partial charge in [0.2, 0.25) is 0 Å². The average Bonchev–Trinajstić information content (AvgIpc) is 2.92. The number of aliphatic hydroxyl groups excluding tert-OH is 1. The fourth-order valence-corrected chi connectivity index (χ4v) is 4.26. The molecule has 0 bridgehead atoms. The van der Waals surface area contributed by atoms with Crippen molar-refractivity contribution in [3.8, 4) is 11.1 Å². The van der Waals surface area contributed by atoms with E-state index in [4.69, 9.17) is 10.5 Å². The number of carbonyl (C=O) groups excluding carboxylic acids is 2. The van der Waals surface area contributed by atoms with E-state index in [-0.39, 0.29) is 6.54 Å². The summed E-state index contributed by atoms with van der Waals surface area (Å²) in [6.45, 7) is 5.97. The second kappa shape index (κ2) is 13.9. The average molecular weight is 533 g/mol. The number of ether oxygens (including phenoxy) is 1. The first-order chi connectivity index (χ1) is 18.6. The minimum Gasteiger partial charge on any atom is -0.453 e. The molecule has 0 aliphatic heterocycles. The highest BCUT2D eigenvalue weighted by Crippen LogP contribution is 2.21. The first-order valence-electron chi connectivity index (χ1n) is 13.1. The van der Waals surface area contributed by atoms with Crippen LogP contribution >= 0.6 is 0 Å². The van der Waals surface area contributed by atoms with Crippen LogP contribution in [0.5, 0.6) is 0 Å². The molecule has 0 unspecified atom stereocenters. The van der Waals surface area contributed by atoms with Gasteiger partial charge in [0.15, 0.2) is 0 Å². The van der Waals surface area contributed by atoms with E-state index in [1.165, 1.54) is 7.11 Å². The third kappa shape index (κ3) is 9.21. The lowest BCUT2D eigenvalue weighted by Gasteiger charge is -2.34. The number of nitrogens with one attached hydrogen (secondary N) is 2. The molecule has 39 heavy (non-hydrogen) atoms. The predicted octanol–water partition coefficient (Wildman–Crippen LogP) is 3.89. The van der Waals surface area contributed by atoms with E-state index >= 15 is 0 Å². The molecule has 0 radical (unpaired) electrons. The number of rotatable bonds is 11. The highest BCUT2D eigenvalue weighted by molar-refractivity contribution is 5.86. The van der Waals surface area contributed by atoms with Crippen molar-refractivity contribution in [3.05, 3.63) is 96.1 Å². The molecule has 0 saturated carbocycles. The van der Waals surface area contributed by atoms with Gasteiger partial charge in [0, 0.05) is 19.1 Å². The Kier molecular flexibility index (Phi) is 10.6. The van der Waals surface area contributed by atoms with E-state index in [1.807, 2.05) is 106 Å². The SMILES string of the molecule is COC(=O)N[C@H](C(=O)NN(Cc1ccc(-c2ccccc2)cc1)C[C@H](O)[C@@H](N)Cc1ccccc1)C(C)(C)C. The fourth-order valence-electron chi connectivity index (χ4n) is 4.26. The summed E-state index contributed by atoms with van der Waals surface area (Å²) in [5, 5.41) is 15.3. The van der Waals surface area contributed by atoms with Crippen molar-refractivity contribution >= 4 is 12.0 Å². The molecule has 0 fully saturated rings. The summed E-state index contributed by atoms with van der Waals surface area (Å²) in [6, 6.07) is 26.4. The zero-order valence-electron chi connectivity index (χ0n) is 23.1. The standard InChI is InChI=1S/C31H40N4O4/c1-31(2,3)28(33-30(38)39-4)29(37)34-35(21-27(36)26(32)19-22-11-7-5-8-12-22)20-23-15-17-25(18-16-23)24-13-9-6-10-14-24/h5-18,26-28,36H,19-21,32H2,1-4H3,(H,33,38)(H,34,37)/t26-,27-,28+/m0/s1. The minimum absolute atomic E-state index is 0.0925. The molecule has 0 heterocycles. The zero-order valence-corrected chi connectivity index (χ0v) is 23.1. The van der Waals surface area contributed by atoms with Gasteiger partial charge in [-0.05, 0) is 34.1 Å². The lowest BCUT2D eigenvalue weighted by atomic mass is 9.86. The molecule has 208 valence electrons. The summed E-state index contributed by atoms with van der Waals surface area (Å²) in [6.07, 6.45) is -1.13. The molecule has 3 aromatic carbocycles. The lowest BCUT2D eigenvalue weighted by Crippen LogP contribution is -2.58. The molecule has 8 heteroatoms. The van der Waals surface area contributed by atoms with Gasteiger partial charge in [-0.1, -0.05) is 106 Å². The number of aliphatic hydroxyl groups is 1. The summed E-state index contributed by atoms with van der Waals surface area (Å²) < 4.78 is 4.73. The molecule has 2 amide bonds. The Morgan fingerprint density at radius 3 is 2.03 bits per heavy atom. The van der Waals surface area contributed by atoms with Gasteiger partial charge < -0.3 is 20.9 Å². The van der Waals surface area contributed by atoms with E-state index in [9.17, 15) is 14.7 Å². The molecule has 3 rings (SSSR count). The summed E-state index contributed by atoms with van der Waals surface area (Å²) >= 11 is 0. The number of hydrogen-bond donors (Lipinski definition) is 4. The van der Waals surface area contributed by atoms with Crippen LogP contribution in [0, 0.1) is 5.41 Å². The quantitative estimate of drug-likeness (QED) is 0.279. The van der Waals surface area contributed by atoms with Gasteiger partial charge in [0.05, 0.1) is 13.2 Å². The Hall–Kier alpha value is -3.72. The number of benzene rings is 3. The fraction of sp³-hybridized carbons (Fsp3) is 0.355. The normalized spacial score (nSPS) is 13.8. The third-order valence-electron chi connectivity index (χ3n) is 6.49. The van der Waals surface area contributed by atoms with E-state index in [0.717, 1.165) is 22.3 Å². The van der Waals surface area contributed by atoms with Gasteiger partial charge in [-0.25, -0.2) is 9.80 Å². The van der Waals surface area contributed by atoms with Crippen LogP contribution in [0.3, 0.4) is 0 Å². The van der Waals surface area contributed by atoms with Gasteiger partial charge in [0.25, 0.3) is 5.91 Å². The molecule has 0 aliphatic carbocycles. The molecule has 3 aromatic rings. The summed E-state index contributed by atoms with van der Waals surface area (Å²) in [4.78, 5) is 25.3. The Morgan fingerprint density at radius 2 is 1.46 bits per heavy atom. The van der Waals surface area contributed by atoms with Crippen LogP contribution in [0.4, 0.5) is 4.79 Å². The van der Waals surface area contributed by atoms with Gasteiger partial charge in [-0.3, -0.25) is 10.2 Å². The molecular formula is C31H40N4O4. The smallest absolute Gasteiger partial charge is 0.407 e. The Bertz CT molecular complexity index is 1180. The Morgan fingerprint density at radius 1 is 0.897 bits per heavy atom. The number of hydrazine groups is 1. The molecule has 8 nitrogen and oxygen atoms in total. The first kappa shape index (κ1) is 29.8. The van der Waals surface area contributed by atoms with E-state index in [1.54, 1.807) is 5.01 Å². The number of alkyl carbamates (subject to hydrolysis) is 1.